The number of aliphatic hydroxyl groups is 1. The summed E-state index contributed by atoms with van der Waals surface area (Å²) >= 11 is 2.91. The average molecular weight is 327 g/mol. The summed E-state index contributed by atoms with van der Waals surface area (Å²) < 4.78 is 27.3. The number of aryl methyl sites for hydroxylation is 2. The number of aliphatic hydroxyl groups excluding tert-OH is 1. The minimum Gasteiger partial charge on any atom is -0.384 e. The van der Waals surface area contributed by atoms with Crippen molar-refractivity contribution < 1.29 is 13.9 Å². The van der Waals surface area contributed by atoms with Crippen LogP contribution in [-0.2, 0) is 0 Å². The Morgan fingerprint density at radius 1 is 1.00 bits per heavy atom. The summed E-state index contributed by atoms with van der Waals surface area (Å²) in [7, 11) is 0. The molecule has 0 aliphatic heterocycles. The van der Waals surface area contributed by atoms with Crippen LogP contribution in [-0.4, -0.2) is 5.11 Å². The number of benzene rings is 2. The fourth-order valence-corrected chi connectivity index (χ4v) is 2.36. The molecule has 0 aliphatic carbocycles. The second-order valence-electron chi connectivity index (χ2n) is 4.55. The van der Waals surface area contributed by atoms with Gasteiger partial charge in [-0.3, -0.25) is 0 Å². The van der Waals surface area contributed by atoms with Crippen molar-refractivity contribution in [2.24, 2.45) is 0 Å². The first-order valence-electron chi connectivity index (χ1n) is 5.80. The molecule has 0 heterocycles. The Balaban J connectivity index is 2.49. The summed E-state index contributed by atoms with van der Waals surface area (Å²) in [6.07, 6.45) is -1.18. The lowest BCUT2D eigenvalue weighted by Crippen LogP contribution is -2.05. The lowest BCUT2D eigenvalue weighted by molar-refractivity contribution is 0.213. The van der Waals surface area contributed by atoms with Gasteiger partial charge in [0.05, 0.1) is 4.47 Å². The molecule has 0 bridgehead atoms. The van der Waals surface area contributed by atoms with Crippen molar-refractivity contribution in [3.05, 3.63) is 68.7 Å². The van der Waals surface area contributed by atoms with Gasteiger partial charge in [-0.25, -0.2) is 8.78 Å². The minimum absolute atomic E-state index is 0.0431. The fraction of sp³-hybridized carbons (Fsp3) is 0.200. The maximum atomic E-state index is 13.8. The number of halogens is 3. The zero-order valence-electron chi connectivity index (χ0n) is 10.5. The second-order valence-corrected chi connectivity index (χ2v) is 5.40. The lowest BCUT2D eigenvalue weighted by Gasteiger charge is -2.16. The van der Waals surface area contributed by atoms with Crippen LogP contribution in [0.4, 0.5) is 8.78 Å². The molecule has 2 aromatic carbocycles. The van der Waals surface area contributed by atoms with E-state index in [2.05, 4.69) is 15.9 Å². The first-order chi connectivity index (χ1) is 8.90. The Morgan fingerprint density at radius 3 is 2.32 bits per heavy atom. The molecule has 0 saturated carbocycles. The van der Waals surface area contributed by atoms with Gasteiger partial charge in [-0.1, -0.05) is 23.8 Å². The molecule has 1 unspecified atom stereocenters. The Hall–Kier alpha value is -1.26. The fourth-order valence-electron chi connectivity index (χ4n) is 2.05. The Labute approximate surface area is 119 Å². The van der Waals surface area contributed by atoms with Gasteiger partial charge in [-0.05, 0) is 53.0 Å². The van der Waals surface area contributed by atoms with Crippen molar-refractivity contribution in [2.75, 3.05) is 0 Å². The Bertz CT molecular complexity index is 626. The van der Waals surface area contributed by atoms with E-state index in [-0.39, 0.29) is 10.0 Å². The summed E-state index contributed by atoms with van der Waals surface area (Å²) in [5, 5.41) is 10.2. The van der Waals surface area contributed by atoms with Gasteiger partial charge < -0.3 is 5.11 Å². The maximum Gasteiger partial charge on any atom is 0.137 e. The van der Waals surface area contributed by atoms with Crippen molar-refractivity contribution in [1.29, 1.82) is 0 Å². The van der Waals surface area contributed by atoms with E-state index in [1.54, 1.807) is 6.07 Å². The highest BCUT2D eigenvalue weighted by Crippen LogP contribution is 2.30. The molecule has 19 heavy (non-hydrogen) atoms. The van der Waals surface area contributed by atoms with Gasteiger partial charge in [0, 0.05) is 5.56 Å². The van der Waals surface area contributed by atoms with Crippen molar-refractivity contribution in [1.82, 2.24) is 0 Å². The molecule has 0 spiro atoms. The van der Waals surface area contributed by atoms with Gasteiger partial charge >= 0.3 is 0 Å². The van der Waals surface area contributed by atoms with E-state index in [0.29, 0.717) is 5.56 Å². The zero-order valence-corrected chi connectivity index (χ0v) is 12.1. The second kappa shape index (κ2) is 5.39. The van der Waals surface area contributed by atoms with Crippen molar-refractivity contribution in [3.8, 4) is 0 Å². The topological polar surface area (TPSA) is 20.2 Å². The van der Waals surface area contributed by atoms with Crippen LogP contribution in [0.2, 0.25) is 0 Å². The highest BCUT2D eigenvalue weighted by Gasteiger charge is 2.19. The van der Waals surface area contributed by atoms with Crippen LogP contribution < -0.4 is 0 Å². The smallest absolute Gasteiger partial charge is 0.137 e. The summed E-state index contributed by atoms with van der Waals surface area (Å²) in [5.74, 6) is -1.24. The molecule has 0 fully saturated rings. The highest BCUT2D eigenvalue weighted by atomic mass is 79.9. The van der Waals surface area contributed by atoms with Crippen LogP contribution in [0, 0.1) is 25.5 Å². The van der Waals surface area contributed by atoms with Gasteiger partial charge in [0.15, 0.2) is 0 Å². The molecule has 0 amide bonds. The van der Waals surface area contributed by atoms with E-state index in [1.807, 2.05) is 26.0 Å². The molecular formula is C15H13BrF2O. The van der Waals surface area contributed by atoms with Crippen LogP contribution in [0.15, 0.2) is 34.8 Å². The molecule has 0 saturated heterocycles. The van der Waals surface area contributed by atoms with Gasteiger partial charge in [-0.15, -0.1) is 0 Å². The van der Waals surface area contributed by atoms with Crippen molar-refractivity contribution >= 4 is 15.9 Å². The van der Waals surface area contributed by atoms with Gasteiger partial charge in [0.2, 0.25) is 0 Å². The van der Waals surface area contributed by atoms with Gasteiger partial charge in [0.1, 0.15) is 17.7 Å². The van der Waals surface area contributed by atoms with Crippen LogP contribution in [0.25, 0.3) is 0 Å². The third kappa shape index (κ3) is 2.85. The summed E-state index contributed by atoms with van der Waals surface area (Å²) in [6.45, 7) is 3.77. The molecule has 2 rings (SSSR count). The van der Waals surface area contributed by atoms with E-state index >= 15 is 0 Å². The van der Waals surface area contributed by atoms with Crippen molar-refractivity contribution in [3.63, 3.8) is 0 Å². The van der Waals surface area contributed by atoms with E-state index < -0.39 is 17.7 Å². The molecule has 4 heteroatoms. The van der Waals surface area contributed by atoms with Crippen LogP contribution >= 0.6 is 15.9 Å². The summed E-state index contributed by atoms with van der Waals surface area (Å²) in [4.78, 5) is 0. The standard InChI is InChI=1S/C15H13BrF2O/c1-8-3-4-10(9(2)5-8)15(19)11-6-14(18)12(16)7-13(11)17/h3-7,15,19H,1-2H3. The molecule has 1 nitrogen and oxygen atoms in total. The maximum absolute atomic E-state index is 13.8. The largest absolute Gasteiger partial charge is 0.384 e. The van der Waals surface area contributed by atoms with Gasteiger partial charge in [0.25, 0.3) is 0 Å². The monoisotopic (exact) mass is 326 g/mol. The molecule has 0 aromatic heterocycles. The van der Waals surface area contributed by atoms with Crippen LogP contribution in [0.5, 0.6) is 0 Å². The predicted octanol–water partition coefficient (Wildman–Crippen LogP) is 4.43. The molecule has 1 atom stereocenters. The van der Waals surface area contributed by atoms with Crippen LogP contribution in [0.3, 0.4) is 0 Å². The molecular weight excluding hydrogens is 314 g/mol. The number of hydrogen-bond donors (Lipinski definition) is 1. The zero-order chi connectivity index (χ0) is 14.2. The van der Waals surface area contributed by atoms with Crippen molar-refractivity contribution in [2.45, 2.75) is 20.0 Å². The highest BCUT2D eigenvalue weighted by molar-refractivity contribution is 9.10. The molecule has 0 radical (unpaired) electrons. The van der Waals surface area contributed by atoms with E-state index in [9.17, 15) is 13.9 Å². The number of rotatable bonds is 2. The number of hydrogen-bond acceptors (Lipinski definition) is 1. The average Bonchev–Trinajstić information content (AvgIpc) is 2.33. The molecule has 1 N–H and O–H groups in total. The first kappa shape index (κ1) is 14.2. The van der Waals surface area contributed by atoms with Crippen LogP contribution in [0.1, 0.15) is 28.4 Å². The Kier molecular flexibility index (Phi) is 4.02. The molecule has 2 aromatic rings. The molecule has 100 valence electrons. The Morgan fingerprint density at radius 2 is 1.68 bits per heavy atom. The first-order valence-corrected chi connectivity index (χ1v) is 6.59. The summed E-state index contributed by atoms with van der Waals surface area (Å²) in [6, 6.07) is 7.50. The molecule has 0 aliphatic rings. The normalized spacial score (nSPS) is 12.5. The van der Waals surface area contributed by atoms with E-state index in [4.69, 9.17) is 0 Å². The summed E-state index contributed by atoms with van der Waals surface area (Å²) in [5.41, 5.74) is 2.41. The minimum atomic E-state index is -1.18. The third-order valence-electron chi connectivity index (χ3n) is 3.05. The predicted molar refractivity (Wildman–Crippen MR) is 74.0 cm³/mol. The quantitative estimate of drug-likeness (QED) is 0.809. The lowest BCUT2D eigenvalue weighted by atomic mass is 9.96. The van der Waals surface area contributed by atoms with E-state index in [1.165, 1.54) is 0 Å². The van der Waals surface area contributed by atoms with Gasteiger partial charge in [-0.2, -0.15) is 0 Å². The van der Waals surface area contributed by atoms with E-state index in [0.717, 1.165) is 23.3 Å². The SMILES string of the molecule is Cc1ccc(C(O)c2cc(F)c(Br)cc2F)c(C)c1. The third-order valence-corrected chi connectivity index (χ3v) is 3.66.